The number of aliphatic imine (C=N–C) groups is 2. The lowest BCUT2D eigenvalue weighted by molar-refractivity contribution is -0.198. The Morgan fingerprint density at radius 3 is 2.31 bits per heavy atom. The number of benzene rings is 1. The molecule has 2 heterocycles. The number of hydrogen-bond donors (Lipinski definition) is 1. The van der Waals surface area contributed by atoms with E-state index < -0.39 is 64.5 Å². The Morgan fingerprint density at radius 1 is 1.07 bits per heavy atom. The smallest absolute Gasteiger partial charge is 0.351 e. The molecule has 1 amide bonds. The van der Waals surface area contributed by atoms with Gasteiger partial charge in [-0.05, 0) is 57.1 Å². The number of ether oxygens (including phenoxy) is 3. The van der Waals surface area contributed by atoms with Crippen molar-refractivity contribution < 1.29 is 38.1 Å². The van der Waals surface area contributed by atoms with Crippen LogP contribution < -0.4 is 0 Å². The lowest BCUT2D eigenvalue weighted by Gasteiger charge is -2.44. The van der Waals surface area contributed by atoms with Crippen molar-refractivity contribution in [1.82, 2.24) is 0 Å². The molecule has 0 unspecified atom stereocenters. The number of amides is 1. The maximum Gasteiger partial charge on any atom is 0.351 e. The van der Waals surface area contributed by atoms with Crippen molar-refractivity contribution in [2.24, 2.45) is 33.7 Å². The summed E-state index contributed by atoms with van der Waals surface area (Å²) in [5.41, 5.74) is -4.00. The highest BCUT2D eigenvalue weighted by molar-refractivity contribution is 6.07. The summed E-state index contributed by atoms with van der Waals surface area (Å²) in [4.78, 5) is 48.4. The molecule has 248 valence electrons. The molecule has 2 saturated heterocycles. The third kappa shape index (κ3) is 8.20. The zero-order chi connectivity index (χ0) is 33.7. The monoisotopic (exact) mass is 628 g/mol. The predicted octanol–water partition coefficient (Wildman–Crippen LogP) is 5.58. The van der Waals surface area contributed by atoms with Gasteiger partial charge in [-0.25, -0.2) is 14.2 Å². The molecule has 2 aliphatic heterocycles. The molecular weight excluding hydrogens is 579 g/mol. The number of rotatable bonds is 3. The lowest BCUT2D eigenvalue weighted by Crippen LogP contribution is -2.59. The van der Waals surface area contributed by atoms with Crippen LogP contribution >= 0.6 is 0 Å². The van der Waals surface area contributed by atoms with Crippen molar-refractivity contribution in [1.29, 1.82) is 0 Å². The van der Waals surface area contributed by atoms with Gasteiger partial charge in [-0.15, -0.1) is 0 Å². The van der Waals surface area contributed by atoms with Crippen LogP contribution in [0.3, 0.4) is 0 Å². The molecule has 10 heteroatoms. The number of alkyl halides is 1. The van der Waals surface area contributed by atoms with Crippen LogP contribution in [-0.2, 0) is 28.6 Å². The van der Waals surface area contributed by atoms with Gasteiger partial charge in [0.15, 0.2) is 5.78 Å². The molecule has 3 rings (SSSR count). The molecule has 9 nitrogen and oxygen atoms in total. The van der Waals surface area contributed by atoms with Gasteiger partial charge < -0.3 is 19.3 Å². The van der Waals surface area contributed by atoms with Gasteiger partial charge in [0.05, 0.1) is 30.6 Å². The standard InChI is InChI=1S/C35H49FN2O7/c1-10-28-35(9,42)31-23(4)29(38-25(6)39)21(2)18-33(7,24(5)22(3)30(40)34(8,36)32(41)45-28)44-20-27(19-43-31)37-17-16-26-14-12-11-13-15-26/h11-17,21-24,28,31,42H,10,18-20H2,1-9H3/b17-16+,37-27+,38-29+/t21-,22-,23+,24-,28-,31-,33-,34+,35-/m1/s1. The summed E-state index contributed by atoms with van der Waals surface area (Å²) in [5, 5.41) is 12.1. The first kappa shape index (κ1) is 36.4. The zero-order valence-corrected chi connectivity index (χ0v) is 28.0. The van der Waals surface area contributed by atoms with Crippen molar-refractivity contribution >= 4 is 35.2 Å². The first-order valence-electron chi connectivity index (χ1n) is 15.7. The Hall–Kier alpha value is -3.08. The van der Waals surface area contributed by atoms with Crippen LogP contribution in [0.2, 0.25) is 0 Å². The molecular formula is C35H49FN2O7. The number of ketones is 1. The van der Waals surface area contributed by atoms with Crippen LogP contribution in [0.5, 0.6) is 0 Å². The molecule has 0 radical (unpaired) electrons. The number of hydrogen-bond acceptors (Lipinski definition) is 8. The number of halogens is 1. The van der Waals surface area contributed by atoms with Gasteiger partial charge in [0.2, 0.25) is 5.91 Å². The minimum Gasteiger partial charge on any atom is -0.457 e. The highest BCUT2D eigenvalue weighted by Crippen LogP contribution is 2.40. The van der Waals surface area contributed by atoms with Gasteiger partial charge in [-0.1, -0.05) is 65.0 Å². The number of esters is 1. The highest BCUT2D eigenvalue weighted by atomic mass is 19.1. The van der Waals surface area contributed by atoms with Crippen LogP contribution in [0.1, 0.15) is 80.7 Å². The highest BCUT2D eigenvalue weighted by Gasteiger charge is 2.54. The third-order valence-corrected chi connectivity index (χ3v) is 9.57. The van der Waals surface area contributed by atoms with Gasteiger partial charge in [0.1, 0.15) is 11.7 Å². The molecule has 2 bridgehead atoms. The van der Waals surface area contributed by atoms with Crippen molar-refractivity contribution in [3.05, 3.63) is 42.1 Å². The quantitative estimate of drug-likeness (QED) is 0.343. The second kappa shape index (κ2) is 14.6. The van der Waals surface area contributed by atoms with Crippen molar-refractivity contribution in [2.45, 2.75) is 104 Å². The summed E-state index contributed by atoms with van der Waals surface area (Å²) in [6.07, 6.45) is 1.55. The van der Waals surface area contributed by atoms with E-state index in [1.807, 2.05) is 50.3 Å². The van der Waals surface area contributed by atoms with E-state index in [1.165, 1.54) is 13.8 Å². The van der Waals surface area contributed by atoms with E-state index in [4.69, 9.17) is 14.2 Å². The fourth-order valence-corrected chi connectivity index (χ4v) is 6.57. The molecule has 2 aliphatic rings. The Bertz CT molecular complexity index is 1320. The maximum atomic E-state index is 16.1. The summed E-state index contributed by atoms with van der Waals surface area (Å²) >= 11 is 0. The van der Waals surface area contributed by atoms with Crippen LogP contribution in [0, 0.1) is 23.7 Å². The van der Waals surface area contributed by atoms with Crippen LogP contribution in [0.15, 0.2) is 46.5 Å². The summed E-state index contributed by atoms with van der Waals surface area (Å²) in [6, 6.07) is 9.64. The van der Waals surface area contributed by atoms with Gasteiger partial charge in [0, 0.05) is 30.7 Å². The van der Waals surface area contributed by atoms with Crippen molar-refractivity contribution in [2.75, 3.05) is 13.2 Å². The molecule has 1 aromatic rings. The summed E-state index contributed by atoms with van der Waals surface area (Å²) < 4.78 is 34.7. The van der Waals surface area contributed by atoms with Gasteiger partial charge in [0.25, 0.3) is 5.67 Å². The number of carbonyl (C=O) groups is 3. The molecule has 45 heavy (non-hydrogen) atoms. The Labute approximate surface area is 266 Å². The molecule has 0 saturated carbocycles. The van der Waals surface area contributed by atoms with E-state index in [0.717, 1.165) is 12.5 Å². The maximum absolute atomic E-state index is 16.1. The lowest BCUT2D eigenvalue weighted by atomic mass is 9.70. The molecule has 1 aromatic carbocycles. The van der Waals surface area contributed by atoms with Crippen LogP contribution in [0.25, 0.3) is 6.08 Å². The fraction of sp³-hybridized carbons (Fsp3) is 0.629. The average molecular weight is 629 g/mol. The van der Waals surface area contributed by atoms with Gasteiger partial charge >= 0.3 is 5.97 Å². The number of cyclic esters (lactones) is 1. The Balaban J connectivity index is 2.28. The van der Waals surface area contributed by atoms with Gasteiger partial charge in [-0.2, -0.15) is 0 Å². The van der Waals surface area contributed by atoms with Crippen LogP contribution in [0.4, 0.5) is 4.39 Å². The second-order valence-electron chi connectivity index (χ2n) is 13.2. The van der Waals surface area contributed by atoms with E-state index in [0.29, 0.717) is 17.8 Å². The molecule has 0 aromatic heterocycles. The predicted molar refractivity (Wildman–Crippen MR) is 172 cm³/mol. The topological polar surface area (TPSA) is 124 Å². The van der Waals surface area contributed by atoms with E-state index in [9.17, 15) is 19.5 Å². The molecule has 9 atom stereocenters. The minimum absolute atomic E-state index is 0.00948. The normalized spacial score (nSPS) is 39.3. The summed E-state index contributed by atoms with van der Waals surface area (Å²) in [5.74, 6) is -5.32. The SMILES string of the molecule is CC[C@H]1OC(=O)[C@@](C)(F)C(=O)[C@H](C)[C@@H](C)[C@@]2(C)C[C@@H](C)/C(=N\C(C)=O)[C@H](C)[C@@H](OC/C(=N\C=C\c3ccccc3)CO2)[C@]1(C)O. The third-order valence-electron chi connectivity index (χ3n) is 9.57. The minimum atomic E-state index is -2.97. The number of carbonyl (C=O) groups excluding carboxylic acids is 3. The second-order valence-corrected chi connectivity index (χ2v) is 13.2. The number of fused-ring (bicyclic) bond motifs is 5. The van der Waals surface area contributed by atoms with E-state index >= 15 is 4.39 Å². The van der Waals surface area contributed by atoms with Crippen molar-refractivity contribution in [3.8, 4) is 0 Å². The summed E-state index contributed by atoms with van der Waals surface area (Å²) in [7, 11) is 0. The Kier molecular flexibility index (Phi) is 11.8. The molecule has 2 fully saturated rings. The molecule has 1 N–H and O–H groups in total. The summed E-state index contributed by atoms with van der Waals surface area (Å²) in [6.45, 7) is 14.2. The van der Waals surface area contributed by atoms with Crippen LogP contribution in [-0.4, -0.2) is 76.5 Å². The first-order chi connectivity index (χ1) is 21.0. The van der Waals surface area contributed by atoms with E-state index in [1.54, 1.807) is 33.9 Å². The van der Waals surface area contributed by atoms with Crippen molar-refractivity contribution in [3.63, 3.8) is 0 Å². The average Bonchev–Trinajstić information content (AvgIpc) is 3.00. The largest absolute Gasteiger partial charge is 0.457 e. The molecule has 0 spiro atoms. The fourth-order valence-electron chi connectivity index (χ4n) is 6.57. The van der Waals surface area contributed by atoms with E-state index in [-0.39, 0.29) is 25.6 Å². The van der Waals surface area contributed by atoms with E-state index in [2.05, 4.69) is 9.98 Å². The first-order valence-corrected chi connectivity index (χ1v) is 15.7. The zero-order valence-electron chi connectivity index (χ0n) is 28.0. The number of nitrogens with zero attached hydrogens (tertiary/aromatic N) is 2. The molecule has 0 aliphatic carbocycles. The van der Waals surface area contributed by atoms with Gasteiger partial charge in [-0.3, -0.25) is 14.6 Å². The number of aliphatic hydroxyl groups is 1. The number of Topliss-reactive ketones (excluding diaryl/α,β-unsaturated/α-hetero) is 1. The Morgan fingerprint density at radius 2 is 1.71 bits per heavy atom.